The molecule has 1 aromatic heterocycles. The first-order valence-corrected chi connectivity index (χ1v) is 10.8. The van der Waals surface area contributed by atoms with Gasteiger partial charge in [-0.3, -0.25) is 19.3 Å². The van der Waals surface area contributed by atoms with Crippen molar-refractivity contribution in [3.05, 3.63) is 18.3 Å². The lowest BCUT2D eigenvalue weighted by Gasteiger charge is -2.32. The molecule has 5 amide bonds. The molecule has 1 unspecified atom stereocenters. The number of anilines is 2. The zero-order chi connectivity index (χ0) is 22.0. The molecule has 1 aromatic rings. The van der Waals surface area contributed by atoms with Crippen LogP contribution in [0.25, 0.3) is 0 Å². The van der Waals surface area contributed by atoms with Crippen LogP contribution < -0.4 is 21.3 Å². The van der Waals surface area contributed by atoms with Gasteiger partial charge < -0.3 is 21.3 Å². The van der Waals surface area contributed by atoms with E-state index < -0.39 is 17.5 Å². The summed E-state index contributed by atoms with van der Waals surface area (Å²) < 4.78 is 0. The van der Waals surface area contributed by atoms with E-state index in [4.69, 9.17) is 5.73 Å². The SMILES string of the molecule is NC(=O)C1CCCN(c2ccc(NC(=O)CN3C(=O)NC4(CCCCC4)C3=O)cn2)C1. The predicted octanol–water partition coefficient (Wildman–Crippen LogP) is 0.976. The Morgan fingerprint density at radius 1 is 1.19 bits per heavy atom. The average Bonchev–Trinajstić information content (AvgIpc) is 2.98. The molecular formula is C21H28N6O4. The van der Waals surface area contributed by atoms with Crippen molar-refractivity contribution in [2.24, 2.45) is 11.7 Å². The van der Waals surface area contributed by atoms with Gasteiger partial charge in [-0.05, 0) is 37.8 Å². The van der Waals surface area contributed by atoms with Gasteiger partial charge in [0.15, 0.2) is 0 Å². The summed E-state index contributed by atoms with van der Waals surface area (Å²) in [6.45, 7) is 0.985. The second-order valence-corrected chi connectivity index (χ2v) is 8.61. The minimum Gasteiger partial charge on any atom is -0.369 e. The molecule has 0 aromatic carbocycles. The Balaban J connectivity index is 1.34. The maximum atomic E-state index is 12.8. The van der Waals surface area contributed by atoms with Crippen LogP contribution in [0.5, 0.6) is 0 Å². The fourth-order valence-electron chi connectivity index (χ4n) is 4.72. The van der Waals surface area contributed by atoms with Crippen LogP contribution in [-0.4, -0.2) is 58.8 Å². The maximum absolute atomic E-state index is 12.8. The Kier molecular flexibility index (Phi) is 5.79. The number of amides is 5. The highest BCUT2D eigenvalue weighted by Gasteiger charge is 2.51. The molecule has 166 valence electrons. The van der Waals surface area contributed by atoms with Gasteiger partial charge in [0.25, 0.3) is 5.91 Å². The standard InChI is InChI=1S/C21H28N6O4/c22-18(29)14-5-4-10-26(12-14)16-7-6-15(11-23-16)24-17(28)13-27-19(30)21(25-20(27)31)8-2-1-3-9-21/h6-7,11,14H,1-5,8-10,12-13H2,(H2,22,29)(H,24,28)(H,25,31). The number of nitrogens with one attached hydrogen (secondary N) is 2. The van der Waals surface area contributed by atoms with Gasteiger partial charge in [-0.2, -0.15) is 0 Å². The average molecular weight is 428 g/mol. The second kappa shape index (κ2) is 8.52. The Morgan fingerprint density at radius 3 is 2.65 bits per heavy atom. The predicted molar refractivity (Wildman–Crippen MR) is 113 cm³/mol. The molecule has 0 radical (unpaired) electrons. The minimum absolute atomic E-state index is 0.188. The van der Waals surface area contributed by atoms with E-state index in [1.165, 1.54) is 6.20 Å². The fraction of sp³-hybridized carbons (Fsp3) is 0.571. The van der Waals surface area contributed by atoms with E-state index in [0.717, 1.165) is 43.5 Å². The second-order valence-electron chi connectivity index (χ2n) is 8.61. The van der Waals surface area contributed by atoms with Gasteiger partial charge in [0.05, 0.1) is 17.8 Å². The largest absolute Gasteiger partial charge is 0.369 e. The van der Waals surface area contributed by atoms with Crippen LogP contribution in [0.2, 0.25) is 0 Å². The van der Waals surface area contributed by atoms with Gasteiger partial charge in [-0.15, -0.1) is 0 Å². The normalized spacial score (nSPS) is 23.0. The molecule has 2 aliphatic heterocycles. The summed E-state index contributed by atoms with van der Waals surface area (Å²) in [6, 6.07) is 2.97. The van der Waals surface area contributed by atoms with Crippen LogP contribution in [0.15, 0.2) is 18.3 Å². The smallest absolute Gasteiger partial charge is 0.325 e. The summed E-state index contributed by atoms with van der Waals surface area (Å²) >= 11 is 0. The van der Waals surface area contributed by atoms with E-state index in [9.17, 15) is 19.2 Å². The first-order chi connectivity index (χ1) is 14.9. The number of pyridine rings is 1. The molecule has 1 saturated carbocycles. The third-order valence-electron chi connectivity index (χ3n) is 6.43. The molecule has 1 atom stereocenters. The van der Waals surface area contributed by atoms with E-state index >= 15 is 0 Å². The lowest BCUT2D eigenvalue weighted by atomic mass is 9.82. The van der Waals surface area contributed by atoms with Crippen molar-refractivity contribution in [3.8, 4) is 0 Å². The highest BCUT2D eigenvalue weighted by molar-refractivity contribution is 6.10. The number of rotatable bonds is 5. The summed E-state index contributed by atoms with van der Waals surface area (Å²) in [6.07, 6.45) is 7.24. The number of imide groups is 1. The van der Waals surface area contributed by atoms with Crippen LogP contribution in [0, 0.1) is 5.92 Å². The van der Waals surface area contributed by atoms with Crippen molar-refractivity contribution in [1.29, 1.82) is 0 Å². The minimum atomic E-state index is -0.837. The van der Waals surface area contributed by atoms with Crippen LogP contribution in [0.1, 0.15) is 44.9 Å². The molecular weight excluding hydrogens is 400 g/mol. The summed E-state index contributed by atoms with van der Waals surface area (Å²) in [7, 11) is 0. The van der Waals surface area contributed by atoms with Crippen LogP contribution >= 0.6 is 0 Å². The number of piperidine rings is 1. The number of aromatic nitrogens is 1. The van der Waals surface area contributed by atoms with Gasteiger partial charge in [-0.1, -0.05) is 19.3 Å². The fourth-order valence-corrected chi connectivity index (χ4v) is 4.72. The van der Waals surface area contributed by atoms with Crippen molar-refractivity contribution in [2.75, 3.05) is 29.9 Å². The molecule has 2 saturated heterocycles. The quantitative estimate of drug-likeness (QED) is 0.598. The lowest BCUT2D eigenvalue weighted by Crippen LogP contribution is -2.48. The number of nitrogens with zero attached hydrogens (tertiary/aromatic N) is 3. The number of carbonyl (C=O) groups excluding carboxylic acids is 4. The summed E-state index contributed by atoms with van der Waals surface area (Å²) in [5.74, 6) is -0.555. The van der Waals surface area contributed by atoms with Gasteiger partial charge in [-0.25, -0.2) is 9.78 Å². The monoisotopic (exact) mass is 428 g/mol. The molecule has 0 bridgehead atoms. The van der Waals surface area contributed by atoms with Gasteiger partial charge >= 0.3 is 6.03 Å². The van der Waals surface area contributed by atoms with Crippen molar-refractivity contribution in [1.82, 2.24) is 15.2 Å². The molecule has 3 fully saturated rings. The van der Waals surface area contributed by atoms with Crippen molar-refractivity contribution in [3.63, 3.8) is 0 Å². The van der Waals surface area contributed by atoms with Gasteiger partial charge in [0, 0.05) is 13.1 Å². The molecule has 3 aliphatic rings. The Bertz CT molecular complexity index is 880. The zero-order valence-corrected chi connectivity index (χ0v) is 17.4. The molecule has 4 rings (SSSR count). The zero-order valence-electron chi connectivity index (χ0n) is 17.4. The maximum Gasteiger partial charge on any atom is 0.325 e. The number of nitrogens with two attached hydrogens (primary N) is 1. The van der Waals surface area contributed by atoms with Gasteiger partial charge in [0.1, 0.15) is 17.9 Å². The van der Waals surface area contributed by atoms with E-state index in [2.05, 4.69) is 15.6 Å². The molecule has 4 N–H and O–H groups in total. The van der Waals surface area contributed by atoms with Crippen LogP contribution in [0.4, 0.5) is 16.3 Å². The Hall–Kier alpha value is -3.17. The number of hydrogen-bond donors (Lipinski definition) is 3. The lowest BCUT2D eigenvalue weighted by molar-refractivity contribution is -0.134. The number of urea groups is 1. The molecule has 31 heavy (non-hydrogen) atoms. The topological polar surface area (TPSA) is 138 Å². The van der Waals surface area contributed by atoms with E-state index in [0.29, 0.717) is 30.9 Å². The van der Waals surface area contributed by atoms with Gasteiger partial charge in [0.2, 0.25) is 11.8 Å². The Morgan fingerprint density at radius 2 is 1.97 bits per heavy atom. The van der Waals surface area contributed by atoms with Crippen LogP contribution in [0.3, 0.4) is 0 Å². The highest BCUT2D eigenvalue weighted by atomic mass is 16.2. The molecule has 1 aliphatic carbocycles. The third-order valence-corrected chi connectivity index (χ3v) is 6.43. The Labute approximate surface area is 180 Å². The van der Waals surface area contributed by atoms with Crippen molar-refractivity contribution >= 4 is 35.3 Å². The van der Waals surface area contributed by atoms with Crippen molar-refractivity contribution < 1.29 is 19.2 Å². The first-order valence-electron chi connectivity index (χ1n) is 10.8. The summed E-state index contributed by atoms with van der Waals surface area (Å²) in [4.78, 5) is 56.4. The van der Waals surface area contributed by atoms with E-state index in [1.54, 1.807) is 12.1 Å². The number of primary amides is 1. The van der Waals surface area contributed by atoms with E-state index in [-0.39, 0.29) is 24.3 Å². The number of hydrogen-bond acceptors (Lipinski definition) is 6. The molecule has 10 nitrogen and oxygen atoms in total. The van der Waals surface area contributed by atoms with Crippen LogP contribution in [-0.2, 0) is 14.4 Å². The number of carbonyl (C=O) groups is 4. The highest BCUT2D eigenvalue weighted by Crippen LogP contribution is 2.33. The van der Waals surface area contributed by atoms with E-state index in [1.807, 2.05) is 4.90 Å². The molecule has 3 heterocycles. The van der Waals surface area contributed by atoms with Crippen molar-refractivity contribution in [2.45, 2.75) is 50.5 Å². The molecule has 1 spiro atoms. The summed E-state index contributed by atoms with van der Waals surface area (Å²) in [5.41, 5.74) is 5.06. The summed E-state index contributed by atoms with van der Waals surface area (Å²) in [5, 5.41) is 5.49. The first kappa shape index (κ1) is 21.1. The molecule has 10 heteroatoms. The third kappa shape index (κ3) is 4.33.